The molecule has 1 aromatic carbocycles. The van der Waals surface area contributed by atoms with Gasteiger partial charge in [0.2, 0.25) is 0 Å². The summed E-state index contributed by atoms with van der Waals surface area (Å²) in [4.78, 5) is 42.0. The van der Waals surface area contributed by atoms with Crippen LogP contribution < -0.4 is 11.3 Å². The molecular formula is C22H19N3O5. The Bertz CT molecular complexity index is 1330. The van der Waals surface area contributed by atoms with Gasteiger partial charge in [0, 0.05) is 22.1 Å². The second-order valence-electron chi connectivity index (χ2n) is 7.63. The zero-order chi connectivity index (χ0) is 21.2. The highest BCUT2D eigenvalue weighted by atomic mass is 16.6. The average Bonchev–Trinajstić information content (AvgIpc) is 3.12. The number of hydrogen-bond donors (Lipinski definition) is 2. The number of benzene rings is 1. The highest BCUT2D eigenvalue weighted by Gasteiger charge is 2.45. The van der Waals surface area contributed by atoms with Crippen molar-refractivity contribution in [2.45, 2.75) is 32.1 Å². The van der Waals surface area contributed by atoms with Crippen LogP contribution in [-0.2, 0) is 28.3 Å². The summed E-state index contributed by atoms with van der Waals surface area (Å²) in [6.07, 6.45) is 0.0949. The van der Waals surface area contributed by atoms with E-state index in [1.54, 1.807) is 35.8 Å². The zero-order valence-electron chi connectivity index (χ0n) is 16.3. The van der Waals surface area contributed by atoms with E-state index in [1.807, 2.05) is 6.07 Å². The lowest BCUT2D eigenvalue weighted by atomic mass is 9.86. The van der Waals surface area contributed by atoms with Crippen molar-refractivity contribution in [2.75, 3.05) is 6.54 Å². The first-order chi connectivity index (χ1) is 14.4. The Labute approximate surface area is 170 Å². The molecule has 0 radical (unpaired) electrons. The molecule has 2 aromatic heterocycles. The molecule has 8 heteroatoms. The molecule has 2 aliphatic heterocycles. The minimum atomic E-state index is -1.85. The molecule has 3 aromatic rings. The Kier molecular flexibility index (Phi) is 3.93. The number of Topliss-reactive ketones (excluding diaryl/α,β-unsaturated/α-hetero) is 1. The number of carbonyl (C=O) groups excluding carboxylic acids is 2. The number of pyridine rings is 2. The summed E-state index contributed by atoms with van der Waals surface area (Å²) < 4.78 is 6.66. The van der Waals surface area contributed by atoms with Gasteiger partial charge >= 0.3 is 5.97 Å². The van der Waals surface area contributed by atoms with Gasteiger partial charge in [-0.1, -0.05) is 6.92 Å². The standard InChI is InChI=1S/C22H19N3O5/c1-2-22(29)15-7-17-19-13(9-25(17)20(27)14(15)10-30-21(22)28)6-12-5-11(18(26)8-23)3-4-16(12)24-19/h3-7,29H,2,8-10,23H2,1H3. The summed E-state index contributed by atoms with van der Waals surface area (Å²) in [6, 6.07) is 8.76. The van der Waals surface area contributed by atoms with Crippen LogP contribution in [0.5, 0.6) is 0 Å². The molecule has 0 fully saturated rings. The van der Waals surface area contributed by atoms with Crippen LogP contribution in [-0.4, -0.2) is 33.0 Å². The van der Waals surface area contributed by atoms with Crippen molar-refractivity contribution in [2.24, 2.45) is 5.73 Å². The maximum atomic E-state index is 13.1. The topological polar surface area (TPSA) is 125 Å². The Morgan fingerprint density at radius 2 is 2.10 bits per heavy atom. The molecule has 4 heterocycles. The fourth-order valence-electron chi connectivity index (χ4n) is 4.28. The molecule has 1 unspecified atom stereocenters. The first-order valence-corrected chi connectivity index (χ1v) is 9.71. The fraction of sp³-hybridized carbons (Fsp3) is 0.273. The second kappa shape index (κ2) is 6.32. The van der Waals surface area contributed by atoms with Crippen molar-refractivity contribution in [1.82, 2.24) is 9.55 Å². The maximum Gasteiger partial charge on any atom is 0.343 e. The first kappa shape index (κ1) is 18.7. The van der Waals surface area contributed by atoms with Crippen LogP contribution in [0.15, 0.2) is 35.1 Å². The third-order valence-corrected chi connectivity index (χ3v) is 6.01. The molecule has 0 spiro atoms. The predicted molar refractivity (Wildman–Crippen MR) is 108 cm³/mol. The molecule has 0 saturated heterocycles. The lowest BCUT2D eigenvalue weighted by molar-refractivity contribution is -0.172. The summed E-state index contributed by atoms with van der Waals surface area (Å²) in [5, 5.41) is 11.7. The fourth-order valence-corrected chi connectivity index (χ4v) is 4.28. The molecule has 0 saturated carbocycles. The monoisotopic (exact) mass is 405 g/mol. The molecule has 8 nitrogen and oxygen atoms in total. The summed E-state index contributed by atoms with van der Waals surface area (Å²) >= 11 is 0. The first-order valence-electron chi connectivity index (χ1n) is 9.71. The van der Waals surface area contributed by atoms with Gasteiger partial charge in [-0.2, -0.15) is 0 Å². The number of cyclic esters (lactones) is 1. The normalized spacial score (nSPS) is 19.2. The molecule has 30 heavy (non-hydrogen) atoms. The maximum absolute atomic E-state index is 13.1. The molecule has 1 atom stereocenters. The van der Waals surface area contributed by atoms with Gasteiger partial charge in [0.25, 0.3) is 5.56 Å². The number of fused-ring (bicyclic) bond motifs is 5. The van der Waals surface area contributed by atoms with Crippen molar-refractivity contribution < 1.29 is 19.4 Å². The summed E-state index contributed by atoms with van der Waals surface area (Å²) in [5.41, 5.74) is 7.07. The van der Waals surface area contributed by atoms with Gasteiger partial charge in [0.05, 0.1) is 35.6 Å². The van der Waals surface area contributed by atoms with Gasteiger partial charge in [-0.25, -0.2) is 9.78 Å². The number of rotatable bonds is 3. The van der Waals surface area contributed by atoms with Gasteiger partial charge in [-0.3, -0.25) is 9.59 Å². The van der Waals surface area contributed by atoms with Crippen molar-refractivity contribution >= 4 is 22.7 Å². The van der Waals surface area contributed by atoms with Crippen LogP contribution in [0, 0.1) is 0 Å². The lowest BCUT2D eigenvalue weighted by Crippen LogP contribution is -2.44. The highest BCUT2D eigenvalue weighted by Crippen LogP contribution is 2.38. The number of carbonyl (C=O) groups is 2. The van der Waals surface area contributed by atoms with Crippen molar-refractivity contribution in [3.63, 3.8) is 0 Å². The van der Waals surface area contributed by atoms with Crippen molar-refractivity contribution in [1.29, 1.82) is 0 Å². The summed E-state index contributed by atoms with van der Waals surface area (Å²) in [7, 11) is 0. The van der Waals surface area contributed by atoms with Crippen LogP contribution in [0.2, 0.25) is 0 Å². The SMILES string of the molecule is CCC1(O)C(=O)OCc2c1cc1n(c2=O)Cc2cc3cc(C(=O)CN)ccc3nc2-1. The Morgan fingerprint density at radius 1 is 1.30 bits per heavy atom. The number of nitrogens with two attached hydrogens (primary N) is 1. The molecule has 0 aliphatic carbocycles. The van der Waals surface area contributed by atoms with Gasteiger partial charge in [0.1, 0.15) is 6.61 Å². The summed E-state index contributed by atoms with van der Waals surface area (Å²) in [6.45, 7) is 1.75. The largest absolute Gasteiger partial charge is 0.458 e. The third kappa shape index (κ3) is 2.41. The Balaban J connectivity index is 1.72. The molecule has 2 aliphatic rings. The van der Waals surface area contributed by atoms with Gasteiger partial charge < -0.3 is 20.1 Å². The minimum Gasteiger partial charge on any atom is -0.458 e. The van der Waals surface area contributed by atoms with E-state index in [9.17, 15) is 19.5 Å². The molecule has 152 valence electrons. The van der Waals surface area contributed by atoms with E-state index < -0.39 is 11.6 Å². The molecule has 5 rings (SSSR count). The van der Waals surface area contributed by atoms with Crippen LogP contribution in [0.1, 0.15) is 40.4 Å². The second-order valence-corrected chi connectivity index (χ2v) is 7.63. The van der Waals surface area contributed by atoms with E-state index in [-0.39, 0.29) is 42.0 Å². The number of esters is 1. The Morgan fingerprint density at radius 3 is 2.83 bits per heavy atom. The average molecular weight is 405 g/mol. The van der Waals surface area contributed by atoms with E-state index >= 15 is 0 Å². The molecule has 0 bridgehead atoms. The number of aliphatic hydroxyl groups is 1. The lowest BCUT2D eigenvalue weighted by Gasteiger charge is -2.31. The number of ether oxygens (including phenoxy) is 1. The van der Waals surface area contributed by atoms with E-state index in [1.165, 1.54) is 0 Å². The van der Waals surface area contributed by atoms with Gasteiger partial charge in [0.15, 0.2) is 11.4 Å². The third-order valence-electron chi connectivity index (χ3n) is 6.01. The van der Waals surface area contributed by atoms with Gasteiger partial charge in [-0.15, -0.1) is 0 Å². The van der Waals surface area contributed by atoms with E-state index in [0.29, 0.717) is 29.0 Å². The highest BCUT2D eigenvalue weighted by molar-refractivity contribution is 6.01. The van der Waals surface area contributed by atoms with Crippen LogP contribution in [0.3, 0.4) is 0 Å². The van der Waals surface area contributed by atoms with Crippen LogP contribution in [0.25, 0.3) is 22.3 Å². The van der Waals surface area contributed by atoms with Crippen LogP contribution >= 0.6 is 0 Å². The predicted octanol–water partition coefficient (Wildman–Crippen LogP) is 1.22. The summed E-state index contributed by atoms with van der Waals surface area (Å²) in [5.74, 6) is -0.906. The number of nitrogens with zero attached hydrogens (tertiary/aromatic N) is 2. The Hall–Kier alpha value is -3.36. The number of ketones is 1. The van der Waals surface area contributed by atoms with E-state index in [2.05, 4.69) is 0 Å². The van der Waals surface area contributed by atoms with E-state index in [4.69, 9.17) is 15.5 Å². The number of hydrogen-bond acceptors (Lipinski definition) is 7. The quantitative estimate of drug-likeness (QED) is 0.388. The molecule has 0 amide bonds. The van der Waals surface area contributed by atoms with E-state index in [0.717, 1.165) is 10.9 Å². The minimum absolute atomic E-state index is 0.0720. The zero-order valence-corrected chi connectivity index (χ0v) is 16.3. The number of aromatic nitrogens is 2. The van der Waals surface area contributed by atoms with Crippen molar-refractivity contribution in [3.8, 4) is 11.4 Å². The van der Waals surface area contributed by atoms with Gasteiger partial charge in [-0.05, 0) is 36.8 Å². The van der Waals surface area contributed by atoms with Crippen molar-refractivity contribution in [3.05, 3.63) is 62.9 Å². The molecule has 3 N–H and O–H groups in total. The molecular weight excluding hydrogens is 386 g/mol. The van der Waals surface area contributed by atoms with Crippen LogP contribution in [0.4, 0.5) is 0 Å². The smallest absolute Gasteiger partial charge is 0.343 e.